The zero-order valence-corrected chi connectivity index (χ0v) is 11.4. The number of imidazole rings is 1. The highest BCUT2D eigenvalue weighted by Gasteiger charge is 2.19. The highest BCUT2D eigenvalue weighted by atomic mass is 35.5. The lowest BCUT2D eigenvalue weighted by Gasteiger charge is -2.01. The molecule has 4 nitrogen and oxygen atoms in total. The van der Waals surface area contributed by atoms with Gasteiger partial charge in [-0.05, 0) is 13.0 Å². The smallest absolute Gasteiger partial charge is 0.355 e. The molecule has 0 aliphatic heterocycles. The normalized spacial score (nSPS) is 10.9. The first-order valence-electron chi connectivity index (χ1n) is 6.04. The molecule has 0 amide bonds. The van der Waals surface area contributed by atoms with Crippen LogP contribution in [0, 0.1) is 6.92 Å². The fraction of sp³-hybridized carbons (Fsp3) is 0.0667. The minimum atomic E-state index is -1.02. The van der Waals surface area contributed by atoms with Crippen LogP contribution in [0.25, 0.3) is 16.9 Å². The first kappa shape index (κ1) is 12.7. The van der Waals surface area contributed by atoms with Crippen molar-refractivity contribution in [1.29, 1.82) is 0 Å². The SMILES string of the molecule is Cc1ccc(-c2nc3cc(Cl)ccn3c2C(=O)O)cc1. The Morgan fingerprint density at radius 1 is 1.25 bits per heavy atom. The summed E-state index contributed by atoms with van der Waals surface area (Å²) in [7, 11) is 0. The lowest BCUT2D eigenvalue weighted by Crippen LogP contribution is -2.03. The Balaban J connectivity index is 2.31. The van der Waals surface area contributed by atoms with Crippen molar-refractivity contribution in [2.24, 2.45) is 0 Å². The predicted octanol–water partition coefficient (Wildman–Crippen LogP) is 3.66. The molecule has 1 N–H and O–H groups in total. The van der Waals surface area contributed by atoms with E-state index in [2.05, 4.69) is 4.98 Å². The summed E-state index contributed by atoms with van der Waals surface area (Å²) in [5, 5.41) is 9.97. The van der Waals surface area contributed by atoms with Crippen LogP contribution in [0.4, 0.5) is 0 Å². The quantitative estimate of drug-likeness (QED) is 0.782. The van der Waals surface area contributed by atoms with Crippen LogP contribution in [0.1, 0.15) is 16.1 Å². The van der Waals surface area contributed by atoms with Crippen LogP contribution >= 0.6 is 11.6 Å². The van der Waals surface area contributed by atoms with Crippen LogP contribution in [0.15, 0.2) is 42.6 Å². The number of rotatable bonds is 2. The molecule has 0 fully saturated rings. The lowest BCUT2D eigenvalue weighted by atomic mass is 10.1. The third kappa shape index (κ3) is 2.04. The van der Waals surface area contributed by atoms with E-state index in [0.717, 1.165) is 11.1 Å². The predicted molar refractivity (Wildman–Crippen MR) is 77.3 cm³/mol. The topological polar surface area (TPSA) is 54.6 Å². The molecule has 100 valence electrons. The van der Waals surface area contributed by atoms with E-state index in [9.17, 15) is 9.90 Å². The molecule has 2 heterocycles. The molecule has 0 saturated heterocycles. The second-order valence-corrected chi connectivity index (χ2v) is 4.99. The summed E-state index contributed by atoms with van der Waals surface area (Å²) in [5.74, 6) is -1.02. The second-order valence-electron chi connectivity index (χ2n) is 4.55. The molecule has 0 saturated carbocycles. The van der Waals surface area contributed by atoms with Crippen LogP contribution in [-0.4, -0.2) is 20.5 Å². The standard InChI is InChI=1S/C15H11ClN2O2/c1-9-2-4-10(5-3-9)13-14(15(19)20)18-7-6-11(16)8-12(18)17-13/h2-8H,1H3,(H,19,20). The number of pyridine rings is 1. The van der Waals surface area contributed by atoms with Gasteiger partial charge in [-0.1, -0.05) is 41.4 Å². The van der Waals surface area contributed by atoms with Gasteiger partial charge in [0.2, 0.25) is 0 Å². The Hall–Kier alpha value is -2.33. The van der Waals surface area contributed by atoms with Crippen molar-refractivity contribution >= 4 is 23.2 Å². The van der Waals surface area contributed by atoms with E-state index in [1.807, 2.05) is 31.2 Å². The van der Waals surface area contributed by atoms with E-state index < -0.39 is 5.97 Å². The zero-order chi connectivity index (χ0) is 14.3. The summed E-state index contributed by atoms with van der Waals surface area (Å²) in [6.45, 7) is 1.98. The molecule has 3 aromatic rings. The molecule has 5 heteroatoms. The number of hydrogen-bond acceptors (Lipinski definition) is 2. The van der Waals surface area contributed by atoms with E-state index in [-0.39, 0.29) is 5.69 Å². The number of benzene rings is 1. The van der Waals surface area contributed by atoms with Crippen molar-refractivity contribution in [3.05, 3.63) is 58.9 Å². The molecular weight excluding hydrogens is 276 g/mol. The molecule has 2 aromatic heterocycles. The van der Waals surface area contributed by atoms with Gasteiger partial charge in [0.25, 0.3) is 0 Å². The summed E-state index contributed by atoms with van der Waals surface area (Å²) in [6.07, 6.45) is 1.62. The van der Waals surface area contributed by atoms with Crippen molar-refractivity contribution in [1.82, 2.24) is 9.38 Å². The number of aryl methyl sites for hydroxylation is 1. The largest absolute Gasteiger partial charge is 0.476 e. The maximum atomic E-state index is 11.5. The van der Waals surface area contributed by atoms with Crippen LogP contribution in [0.5, 0.6) is 0 Å². The first-order valence-corrected chi connectivity index (χ1v) is 6.42. The average molecular weight is 287 g/mol. The zero-order valence-electron chi connectivity index (χ0n) is 10.7. The Morgan fingerprint density at radius 3 is 2.60 bits per heavy atom. The maximum Gasteiger partial charge on any atom is 0.355 e. The molecule has 20 heavy (non-hydrogen) atoms. The number of aromatic nitrogens is 2. The van der Waals surface area contributed by atoms with E-state index >= 15 is 0 Å². The molecule has 1 aromatic carbocycles. The molecule has 3 rings (SSSR count). The highest BCUT2D eigenvalue weighted by Crippen LogP contribution is 2.26. The number of carboxylic acids is 1. The molecule has 0 aliphatic carbocycles. The molecule has 0 unspecified atom stereocenters. The van der Waals surface area contributed by atoms with Gasteiger partial charge in [-0.3, -0.25) is 4.40 Å². The molecule has 0 radical (unpaired) electrons. The average Bonchev–Trinajstić information content (AvgIpc) is 2.77. The van der Waals surface area contributed by atoms with Crippen molar-refractivity contribution in [2.75, 3.05) is 0 Å². The lowest BCUT2D eigenvalue weighted by molar-refractivity contribution is 0.0690. The van der Waals surface area contributed by atoms with Gasteiger partial charge in [0.05, 0.1) is 0 Å². The Morgan fingerprint density at radius 2 is 1.95 bits per heavy atom. The van der Waals surface area contributed by atoms with Crippen molar-refractivity contribution < 1.29 is 9.90 Å². The maximum absolute atomic E-state index is 11.5. The summed E-state index contributed by atoms with van der Waals surface area (Å²) in [6, 6.07) is 10.9. The monoisotopic (exact) mass is 286 g/mol. The van der Waals surface area contributed by atoms with Gasteiger partial charge in [0.15, 0.2) is 5.69 Å². The molecular formula is C15H11ClN2O2. The van der Waals surface area contributed by atoms with Crippen molar-refractivity contribution in [3.8, 4) is 11.3 Å². The number of aromatic carboxylic acids is 1. The number of nitrogens with zero attached hydrogens (tertiary/aromatic N) is 2. The van der Waals surface area contributed by atoms with Gasteiger partial charge in [-0.25, -0.2) is 9.78 Å². The van der Waals surface area contributed by atoms with E-state index in [0.29, 0.717) is 16.4 Å². The van der Waals surface area contributed by atoms with Gasteiger partial charge in [-0.15, -0.1) is 0 Å². The van der Waals surface area contributed by atoms with Gasteiger partial charge in [0.1, 0.15) is 11.3 Å². The number of halogens is 1. The van der Waals surface area contributed by atoms with E-state index in [1.165, 1.54) is 4.40 Å². The highest BCUT2D eigenvalue weighted by molar-refractivity contribution is 6.30. The molecule has 0 aliphatic rings. The number of carbonyl (C=O) groups is 1. The van der Waals surface area contributed by atoms with Crippen molar-refractivity contribution in [2.45, 2.75) is 6.92 Å². The van der Waals surface area contributed by atoms with Crippen molar-refractivity contribution in [3.63, 3.8) is 0 Å². The van der Waals surface area contributed by atoms with E-state index in [4.69, 9.17) is 11.6 Å². The summed E-state index contributed by atoms with van der Waals surface area (Å²) in [4.78, 5) is 15.9. The molecule has 0 spiro atoms. The molecule has 0 atom stereocenters. The Kier molecular flexibility index (Phi) is 2.95. The summed E-state index contributed by atoms with van der Waals surface area (Å²) in [5.41, 5.74) is 2.98. The van der Waals surface area contributed by atoms with E-state index in [1.54, 1.807) is 18.3 Å². The summed E-state index contributed by atoms with van der Waals surface area (Å²) < 4.78 is 1.53. The molecule has 0 bridgehead atoms. The van der Waals surface area contributed by atoms with Crippen LogP contribution in [0.3, 0.4) is 0 Å². The minimum Gasteiger partial charge on any atom is -0.476 e. The van der Waals surface area contributed by atoms with Crippen LogP contribution < -0.4 is 0 Å². The van der Waals surface area contributed by atoms with Gasteiger partial charge in [-0.2, -0.15) is 0 Å². The van der Waals surface area contributed by atoms with Crippen LogP contribution in [0.2, 0.25) is 5.02 Å². The third-order valence-corrected chi connectivity index (χ3v) is 3.35. The fourth-order valence-electron chi connectivity index (χ4n) is 2.14. The second kappa shape index (κ2) is 4.65. The van der Waals surface area contributed by atoms with Gasteiger partial charge >= 0.3 is 5.97 Å². The number of hydrogen-bond donors (Lipinski definition) is 1. The third-order valence-electron chi connectivity index (χ3n) is 3.12. The Labute approximate surface area is 120 Å². The number of fused-ring (bicyclic) bond motifs is 1. The van der Waals surface area contributed by atoms with Gasteiger partial charge in [0, 0.05) is 22.8 Å². The summed E-state index contributed by atoms with van der Waals surface area (Å²) >= 11 is 5.93. The van der Waals surface area contributed by atoms with Crippen LogP contribution in [-0.2, 0) is 0 Å². The van der Waals surface area contributed by atoms with Gasteiger partial charge < -0.3 is 5.11 Å². The Bertz CT molecular complexity index is 807. The fourth-order valence-corrected chi connectivity index (χ4v) is 2.29. The first-order chi connectivity index (χ1) is 9.56. The minimum absolute atomic E-state index is 0.139. The number of carboxylic acid groups (broad SMARTS) is 1.